The fourth-order valence-electron chi connectivity index (χ4n) is 4.27. The van der Waals surface area contributed by atoms with Crippen molar-refractivity contribution in [3.05, 3.63) is 123 Å². The molecule has 33 heavy (non-hydrogen) atoms. The fourth-order valence-corrected chi connectivity index (χ4v) is 4.27. The number of carboxylic acids is 1. The average molecular weight is 438 g/mol. The molecule has 0 heterocycles. The van der Waals surface area contributed by atoms with Gasteiger partial charge in [0.2, 0.25) is 0 Å². The van der Waals surface area contributed by atoms with Gasteiger partial charge in [-0.2, -0.15) is 0 Å². The quantitative estimate of drug-likeness (QED) is 0.411. The molecule has 0 aromatic heterocycles. The lowest BCUT2D eigenvalue weighted by atomic mass is 9.71. The maximum atomic E-state index is 11.7. The van der Waals surface area contributed by atoms with Crippen molar-refractivity contribution >= 4 is 17.6 Å². The molecule has 4 heteroatoms. The first kappa shape index (κ1) is 22.4. The van der Waals surface area contributed by atoms with Gasteiger partial charge in [0, 0.05) is 0 Å². The van der Waals surface area contributed by atoms with E-state index >= 15 is 0 Å². The number of hydrogen-bond acceptors (Lipinski definition) is 3. The normalized spacial score (nSPS) is 15.5. The van der Waals surface area contributed by atoms with Gasteiger partial charge in [-0.1, -0.05) is 97.4 Å². The topological polar surface area (TPSA) is 66.7 Å². The Kier molecular flexibility index (Phi) is 6.10. The molecule has 0 radical (unpaired) electrons. The molecule has 0 amide bonds. The Labute approximate surface area is 194 Å². The summed E-state index contributed by atoms with van der Waals surface area (Å²) >= 11 is 0. The van der Waals surface area contributed by atoms with Crippen molar-refractivity contribution in [3.8, 4) is 0 Å². The summed E-state index contributed by atoms with van der Waals surface area (Å²) in [6, 6.07) is 20.7. The first-order valence-electron chi connectivity index (χ1n) is 11.0. The molecule has 1 aliphatic carbocycles. The second-order valence-electron chi connectivity index (χ2n) is 9.21. The summed E-state index contributed by atoms with van der Waals surface area (Å²) in [6.07, 6.45) is 6.79. The van der Waals surface area contributed by atoms with Crippen LogP contribution in [0, 0.1) is 11.8 Å². The molecule has 1 atom stereocenters. The molecule has 1 N–H and O–H groups in total. The minimum Gasteiger partial charge on any atom is -0.478 e. The highest BCUT2D eigenvalue weighted by Gasteiger charge is 2.29. The number of rotatable bonds is 6. The number of aryl methyl sites for hydroxylation is 1. The zero-order valence-corrected chi connectivity index (χ0v) is 19.1. The lowest BCUT2D eigenvalue weighted by Gasteiger charge is -2.33. The van der Waals surface area contributed by atoms with Crippen molar-refractivity contribution in [3.63, 3.8) is 0 Å². The fraction of sp³-hybridized carbons (Fsp3) is 0.207. The Morgan fingerprint density at radius 2 is 1.73 bits per heavy atom. The number of nitroso groups, excluding NO2 is 1. The van der Waals surface area contributed by atoms with Crippen molar-refractivity contribution in [1.29, 1.82) is 0 Å². The molecule has 3 aromatic rings. The SMILES string of the molecule is Cc1ccc(C2=CCC(C)(C)c3cc(C(C=Cc4ccc(C(=O)O)cc4)N=O)ccc32)cc1. The third kappa shape index (κ3) is 4.70. The predicted octanol–water partition coefficient (Wildman–Crippen LogP) is 7.33. The first-order valence-corrected chi connectivity index (χ1v) is 11.0. The van der Waals surface area contributed by atoms with Crippen LogP contribution in [0.15, 0.2) is 84.1 Å². The van der Waals surface area contributed by atoms with Crippen molar-refractivity contribution in [2.75, 3.05) is 0 Å². The van der Waals surface area contributed by atoms with Crippen LogP contribution in [0.2, 0.25) is 0 Å². The number of fused-ring (bicyclic) bond motifs is 1. The molecule has 1 unspecified atom stereocenters. The molecule has 3 aromatic carbocycles. The van der Waals surface area contributed by atoms with Crippen LogP contribution in [0.1, 0.15) is 70.0 Å². The number of benzene rings is 3. The van der Waals surface area contributed by atoms with E-state index in [0.29, 0.717) is 0 Å². The van der Waals surface area contributed by atoms with Crippen LogP contribution in [0.4, 0.5) is 0 Å². The second kappa shape index (κ2) is 8.99. The molecule has 4 nitrogen and oxygen atoms in total. The standard InChI is InChI=1S/C29H27NO3/c1-19-4-9-21(10-5-19)24-16-17-29(2,3)26-18-23(13-14-25(24)26)27(30-33)15-8-20-6-11-22(12-7-20)28(31)32/h4-16,18,27H,17H2,1-3H3,(H,31,32). The van der Waals surface area contributed by atoms with E-state index in [9.17, 15) is 9.70 Å². The maximum Gasteiger partial charge on any atom is 0.335 e. The summed E-state index contributed by atoms with van der Waals surface area (Å²) in [5, 5.41) is 12.4. The van der Waals surface area contributed by atoms with Gasteiger partial charge in [-0.3, -0.25) is 0 Å². The lowest BCUT2D eigenvalue weighted by Crippen LogP contribution is -2.22. The van der Waals surface area contributed by atoms with E-state index in [2.05, 4.69) is 68.4 Å². The summed E-state index contributed by atoms with van der Waals surface area (Å²) in [5.74, 6) is -0.964. The van der Waals surface area contributed by atoms with Gasteiger partial charge in [-0.15, -0.1) is 4.91 Å². The molecular formula is C29H27NO3. The minimum atomic E-state index is -0.964. The molecule has 0 bridgehead atoms. The van der Waals surface area contributed by atoms with Crippen molar-refractivity contribution in [2.24, 2.45) is 5.18 Å². The van der Waals surface area contributed by atoms with Gasteiger partial charge in [0.05, 0.1) is 5.56 Å². The molecule has 4 rings (SSSR count). The monoisotopic (exact) mass is 437 g/mol. The largest absolute Gasteiger partial charge is 0.478 e. The van der Waals surface area contributed by atoms with Gasteiger partial charge in [0.15, 0.2) is 0 Å². The summed E-state index contributed by atoms with van der Waals surface area (Å²) < 4.78 is 0. The van der Waals surface area contributed by atoms with Crippen molar-refractivity contribution < 1.29 is 9.90 Å². The van der Waals surface area contributed by atoms with Crippen LogP contribution in [0.5, 0.6) is 0 Å². The molecule has 166 valence electrons. The van der Waals surface area contributed by atoms with Gasteiger partial charge in [0.1, 0.15) is 6.04 Å². The lowest BCUT2D eigenvalue weighted by molar-refractivity contribution is 0.0697. The maximum absolute atomic E-state index is 11.7. The van der Waals surface area contributed by atoms with Crippen molar-refractivity contribution in [2.45, 2.75) is 38.6 Å². The van der Waals surface area contributed by atoms with E-state index in [1.165, 1.54) is 27.8 Å². The summed E-state index contributed by atoms with van der Waals surface area (Å²) in [5.41, 5.74) is 7.89. The Balaban J connectivity index is 1.66. The number of carboxylic acid groups (broad SMARTS) is 1. The average Bonchev–Trinajstić information content (AvgIpc) is 2.81. The Morgan fingerprint density at radius 3 is 2.36 bits per heavy atom. The van der Waals surface area contributed by atoms with E-state index in [-0.39, 0.29) is 11.0 Å². The van der Waals surface area contributed by atoms with Crippen molar-refractivity contribution in [1.82, 2.24) is 0 Å². The third-order valence-corrected chi connectivity index (χ3v) is 6.33. The van der Waals surface area contributed by atoms with Crippen LogP contribution in [-0.2, 0) is 5.41 Å². The number of nitrogens with zero attached hydrogens (tertiary/aromatic N) is 1. The summed E-state index contributed by atoms with van der Waals surface area (Å²) in [7, 11) is 0. The number of allylic oxidation sites excluding steroid dienone is 1. The van der Waals surface area contributed by atoms with Gasteiger partial charge >= 0.3 is 5.97 Å². The predicted molar refractivity (Wildman–Crippen MR) is 133 cm³/mol. The number of aromatic carboxylic acids is 1. The Hall–Kier alpha value is -3.79. The zero-order chi connectivity index (χ0) is 23.6. The molecular weight excluding hydrogens is 410 g/mol. The molecule has 0 aliphatic heterocycles. The minimum absolute atomic E-state index is 0.0522. The number of carbonyl (C=O) groups is 1. The summed E-state index contributed by atoms with van der Waals surface area (Å²) in [6.45, 7) is 6.53. The number of hydrogen-bond donors (Lipinski definition) is 1. The highest BCUT2D eigenvalue weighted by Crippen LogP contribution is 2.42. The first-order chi connectivity index (χ1) is 15.8. The van der Waals surface area contributed by atoms with E-state index in [1.807, 2.05) is 6.07 Å². The van der Waals surface area contributed by atoms with E-state index in [4.69, 9.17) is 5.11 Å². The Morgan fingerprint density at radius 1 is 1.03 bits per heavy atom. The van der Waals surface area contributed by atoms with Crippen LogP contribution in [0.3, 0.4) is 0 Å². The van der Waals surface area contributed by atoms with Crippen LogP contribution in [-0.4, -0.2) is 11.1 Å². The van der Waals surface area contributed by atoms with E-state index in [1.54, 1.807) is 36.4 Å². The van der Waals surface area contributed by atoms with Crippen LogP contribution in [0.25, 0.3) is 11.6 Å². The highest BCUT2D eigenvalue weighted by atomic mass is 16.4. The van der Waals surface area contributed by atoms with Crippen LogP contribution >= 0.6 is 0 Å². The molecule has 0 saturated carbocycles. The van der Waals surface area contributed by atoms with Crippen LogP contribution < -0.4 is 0 Å². The van der Waals surface area contributed by atoms with Gasteiger partial charge < -0.3 is 5.11 Å². The van der Waals surface area contributed by atoms with E-state index < -0.39 is 12.0 Å². The summed E-state index contributed by atoms with van der Waals surface area (Å²) in [4.78, 5) is 22.8. The van der Waals surface area contributed by atoms with Gasteiger partial charge in [-0.05, 0) is 64.3 Å². The zero-order valence-electron chi connectivity index (χ0n) is 19.1. The van der Waals surface area contributed by atoms with E-state index in [0.717, 1.165) is 17.5 Å². The third-order valence-electron chi connectivity index (χ3n) is 6.33. The second-order valence-corrected chi connectivity index (χ2v) is 9.21. The molecule has 0 spiro atoms. The smallest absolute Gasteiger partial charge is 0.335 e. The molecule has 0 saturated heterocycles. The van der Waals surface area contributed by atoms with Gasteiger partial charge in [0.25, 0.3) is 0 Å². The Bertz CT molecular complexity index is 1250. The molecule has 0 fully saturated rings. The molecule has 1 aliphatic rings. The van der Waals surface area contributed by atoms with Gasteiger partial charge in [-0.25, -0.2) is 4.79 Å². The highest BCUT2D eigenvalue weighted by molar-refractivity contribution is 5.87.